The maximum atomic E-state index is 5.69. The molecular formula is C16H25N3O. The zero-order chi connectivity index (χ0) is 14.2. The first-order valence-corrected chi connectivity index (χ1v) is 7.52. The van der Waals surface area contributed by atoms with Gasteiger partial charge in [0.25, 0.3) is 0 Å². The number of rotatable bonds is 7. The topological polar surface area (TPSA) is 45.7 Å². The molecule has 0 aromatic heterocycles. The number of benzene rings is 1. The average Bonchev–Trinajstić information content (AvgIpc) is 3.24. The predicted octanol–water partition coefficient (Wildman–Crippen LogP) is 2.48. The number of guanidine groups is 1. The number of hydrogen-bond acceptors (Lipinski definition) is 2. The van der Waals surface area contributed by atoms with Crippen LogP contribution in [0, 0.1) is 6.92 Å². The van der Waals surface area contributed by atoms with Gasteiger partial charge in [-0.2, -0.15) is 0 Å². The highest BCUT2D eigenvalue weighted by Crippen LogP contribution is 2.18. The fourth-order valence-corrected chi connectivity index (χ4v) is 1.82. The molecule has 110 valence electrons. The molecule has 0 spiro atoms. The second-order valence-electron chi connectivity index (χ2n) is 5.19. The third kappa shape index (κ3) is 5.51. The summed E-state index contributed by atoms with van der Waals surface area (Å²) in [6.07, 6.45) is 3.46. The normalized spacial score (nSPS) is 15.0. The van der Waals surface area contributed by atoms with Gasteiger partial charge in [0.15, 0.2) is 5.96 Å². The highest BCUT2D eigenvalue weighted by molar-refractivity contribution is 5.80. The largest absolute Gasteiger partial charge is 0.494 e. The van der Waals surface area contributed by atoms with Crippen molar-refractivity contribution in [1.29, 1.82) is 0 Å². The summed E-state index contributed by atoms with van der Waals surface area (Å²) >= 11 is 0. The first-order valence-electron chi connectivity index (χ1n) is 7.52. The third-order valence-electron chi connectivity index (χ3n) is 3.12. The van der Waals surface area contributed by atoms with Crippen LogP contribution in [0.4, 0.5) is 0 Å². The standard InChI is InChI=1S/C16H25N3O/c1-3-17-16(19-14-7-8-14)18-11-4-12-20-15-9-5-13(2)6-10-15/h5-6,9-10,14H,3-4,7-8,11-12H2,1-2H3,(H2,17,18,19). The van der Waals surface area contributed by atoms with Gasteiger partial charge in [0.1, 0.15) is 5.75 Å². The Balaban J connectivity index is 1.64. The molecule has 0 amide bonds. The molecule has 4 heteroatoms. The molecule has 2 N–H and O–H groups in total. The first kappa shape index (κ1) is 14.7. The molecule has 1 aromatic carbocycles. The smallest absolute Gasteiger partial charge is 0.191 e. The summed E-state index contributed by atoms with van der Waals surface area (Å²) in [4.78, 5) is 4.55. The average molecular weight is 275 g/mol. The Morgan fingerprint density at radius 3 is 2.70 bits per heavy atom. The van der Waals surface area contributed by atoms with Crippen molar-refractivity contribution >= 4 is 5.96 Å². The summed E-state index contributed by atoms with van der Waals surface area (Å²) in [6.45, 7) is 6.56. The van der Waals surface area contributed by atoms with Gasteiger partial charge in [-0.15, -0.1) is 0 Å². The van der Waals surface area contributed by atoms with Crippen LogP contribution in [0.5, 0.6) is 5.75 Å². The second kappa shape index (κ2) is 7.78. The molecule has 1 aromatic rings. The van der Waals surface area contributed by atoms with Crippen LogP contribution < -0.4 is 15.4 Å². The minimum absolute atomic E-state index is 0.636. The SMILES string of the molecule is CCNC(=NCCCOc1ccc(C)cc1)NC1CC1. The molecule has 2 rings (SSSR count). The van der Waals surface area contributed by atoms with Crippen LogP contribution in [0.3, 0.4) is 0 Å². The fourth-order valence-electron chi connectivity index (χ4n) is 1.82. The van der Waals surface area contributed by atoms with Gasteiger partial charge in [-0.1, -0.05) is 17.7 Å². The van der Waals surface area contributed by atoms with E-state index in [4.69, 9.17) is 4.74 Å². The number of aryl methyl sites for hydroxylation is 1. The van der Waals surface area contributed by atoms with E-state index in [9.17, 15) is 0 Å². The quantitative estimate of drug-likeness (QED) is 0.456. The van der Waals surface area contributed by atoms with Crippen LogP contribution in [0.2, 0.25) is 0 Å². The van der Waals surface area contributed by atoms with Crippen molar-refractivity contribution in [2.24, 2.45) is 4.99 Å². The van der Waals surface area contributed by atoms with Gasteiger partial charge >= 0.3 is 0 Å². The Morgan fingerprint density at radius 2 is 2.05 bits per heavy atom. The van der Waals surface area contributed by atoms with E-state index in [-0.39, 0.29) is 0 Å². The van der Waals surface area contributed by atoms with Crippen LogP contribution in [0.25, 0.3) is 0 Å². The number of ether oxygens (including phenoxy) is 1. The Labute approximate surface area is 121 Å². The number of hydrogen-bond donors (Lipinski definition) is 2. The van der Waals surface area contributed by atoms with Gasteiger partial charge in [0.2, 0.25) is 0 Å². The van der Waals surface area contributed by atoms with E-state index in [0.717, 1.165) is 31.2 Å². The van der Waals surface area contributed by atoms with Crippen LogP contribution in [-0.2, 0) is 0 Å². The summed E-state index contributed by atoms with van der Waals surface area (Å²) in [5, 5.41) is 6.67. The lowest BCUT2D eigenvalue weighted by Gasteiger charge is -2.10. The summed E-state index contributed by atoms with van der Waals surface area (Å²) in [7, 11) is 0. The van der Waals surface area contributed by atoms with Crippen molar-refractivity contribution in [1.82, 2.24) is 10.6 Å². The Kier molecular flexibility index (Phi) is 5.71. The molecule has 0 saturated heterocycles. The van der Waals surface area contributed by atoms with E-state index in [0.29, 0.717) is 12.6 Å². The molecule has 4 nitrogen and oxygen atoms in total. The highest BCUT2D eigenvalue weighted by atomic mass is 16.5. The lowest BCUT2D eigenvalue weighted by molar-refractivity contribution is 0.313. The molecule has 20 heavy (non-hydrogen) atoms. The van der Waals surface area contributed by atoms with Crippen LogP contribution in [0.1, 0.15) is 31.7 Å². The third-order valence-corrected chi connectivity index (χ3v) is 3.12. The summed E-state index contributed by atoms with van der Waals surface area (Å²) in [5.74, 6) is 1.87. The van der Waals surface area contributed by atoms with Crippen LogP contribution in [-0.4, -0.2) is 31.7 Å². The first-order chi connectivity index (χ1) is 9.78. The van der Waals surface area contributed by atoms with E-state index in [2.05, 4.69) is 41.6 Å². The minimum Gasteiger partial charge on any atom is -0.494 e. The van der Waals surface area contributed by atoms with Crippen molar-refractivity contribution in [2.45, 2.75) is 39.2 Å². The van der Waals surface area contributed by atoms with E-state index >= 15 is 0 Å². The lowest BCUT2D eigenvalue weighted by Crippen LogP contribution is -2.38. The molecule has 1 fully saturated rings. The number of nitrogens with one attached hydrogen (secondary N) is 2. The van der Waals surface area contributed by atoms with Crippen LogP contribution in [0.15, 0.2) is 29.3 Å². The van der Waals surface area contributed by atoms with Gasteiger partial charge in [0.05, 0.1) is 6.61 Å². The lowest BCUT2D eigenvalue weighted by atomic mass is 10.2. The zero-order valence-corrected chi connectivity index (χ0v) is 12.5. The minimum atomic E-state index is 0.636. The monoisotopic (exact) mass is 275 g/mol. The van der Waals surface area contributed by atoms with Gasteiger partial charge in [-0.25, -0.2) is 0 Å². The van der Waals surface area contributed by atoms with E-state index in [1.807, 2.05) is 12.1 Å². The molecule has 0 heterocycles. The van der Waals surface area contributed by atoms with Crippen molar-refractivity contribution in [3.8, 4) is 5.75 Å². The van der Waals surface area contributed by atoms with Crippen molar-refractivity contribution in [2.75, 3.05) is 19.7 Å². The van der Waals surface area contributed by atoms with E-state index in [1.54, 1.807) is 0 Å². The Bertz CT molecular complexity index is 424. The fraction of sp³-hybridized carbons (Fsp3) is 0.562. The van der Waals surface area contributed by atoms with E-state index < -0.39 is 0 Å². The molecule has 1 aliphatic carbocycles. The molecular weight excluding hydrogens is 250 g/mol. The maximum Gasteiger partial charge on any atom is 0.191 e. The van der Waals surface area contributed by atoms with Gasteiger partial charge in [-0.3, -0.25) is 4.99 Å². The molecule has 0 atom stereocenters. The molecule has 0 aliphatic heterocycles. The Morgan fingerprint density at radius 1 is 1.30 bits per heavy atom. The number of aliphatic imine (C=N–C) groups is 1. The highest BCUT2D eigenvalue weighted by Gasteiger charge is 2.21. The number of nitrogens with zero attached hydrogens (tertiary/aromatic N) is 1. The van der Waals surface area contributed by atoms with Crippen molar-refractivity contribution < 1.29 is 4.74 Å². The molecule has 0 bridgehead atoms. The van der Waals surface area contributed by atoms with Crippen LogP contribution >= 0.6 is 0 Å². The van der Waals surface area contributed by atoms with Gasteiger partial charge < -0.3 is 15.4 Å². The van der Waals surface area contributed by atoms with Crippen molar-refractivity contribution in [3.63, 3.8) is 0 Å². The summed E-state index contributed by atoms with van der Waals surface area (Å²) in [6, 6.07) is 8.79. The summed E-state index contributed by atoms with van der Waals surface area (Å²) in [5.41, 5.74) is 1.25. The maximum absolute atomic E-state index is 5.69. The zero-order valence-electron chi connectivity index (χ0n) is 12.5. The van der Waals surface area contributed by atoms with E-state index in [1.165, 1.54) is 18.4 Å². The molecule has 1 aliphatic rings. The van der Waals surface area contributed by atoms with Gasteiger partial charge in [-0.05, 0) is 38.8 Å². The molecule has 0 unspecified atom stereocenters. The molecule has 0 radical (unpaired) electrons. The summed E-state index contributed by atoms with van der Waals surface area (Å²) < 4.78 is 5.69. The second-order valence-corrected chi connectivity index (χ2v) is 5.19. The molecule has 1 saturated carbocycles. The van der Waals surface area contributed by atoms with Gasteiger partial charge in [0, 0.05) is 25.6 Å². The Hall–Kier alpha value is -1.71. The van der Waals surface area contributed by atoms with Crippen molar-refractivity contribution in [3.05, 3.63) is 29.8 Å². The predicted molar refractivity (Wildman–Crippen MR) is 83.4 cm³/mol.